The molecule has 0 bridgehead atoms. The van der Waals surface area contributed by atoms with Crippen LogP contribution in [0.15, 0.2) is 10.9 Å². The second-order valence-corrected chi connectivity index (χ2v) is 3.91. The summed E-state index contributed by atoms with van der Waals surface area (Å²) in [4.78, 5) is 14.4. The molecule has 2 aromatic heterocycles. The van der Waals surface area contributed by atoms with Crippen molar-refractivity contribution in [2.24, 2.45) is 5.73 Å². The summed E-state index contributed by atoms with van der Waals surface area (Å²) in [6.07, 6.45) is -10.3. The molecule has 2 heterocycles. The molecule has 0 saturated carbocycles. The molecule has 0 spiro atoms. The maximum absolute atomic E-state index is 12.8. The van der Waals surface area contributed by atoms with E-state index in [2.05, 4.69) is 4.98 Å². The number of nitrogen functional groups attached to an aromatic ring is 1. The lowest BCUT2D eigenvalue weighted by Gasteiger charge is -2.13. The molecule has 4 N–H and O–H groups in total. The van der Waals surface area contributed by atoms with Gasteiger partial charge in [0.15, 0.2) is 5.65 Å². The number of halogens is 6. The van der Waals surface area contributed by atoms with E-state index in [1.807, 2.05) is 0 Å². The van der Waals surface area contributed by atoms with Crippen molar-refractivity contribution in [3.63, 3.8) is 0 Å². The molecule has 2 aromatic rings. The van der Waals surface area contributed by atoms with Gasteiger partial charge < -0.3 is 5.73 Å². The van der Waals surface area contributed by atoms with Crippen LogP contribution in [-0.2, 0) is 12.4 Å². The van der Waals surface area contributed by atoms with Crippen LogP contribution < -0.4 is 11.3 Å². The van der Waals surface area contributed by atoms with Crippen LogP contribution in [0.2, 0.25) is 0 Å². The first kappa shape index (κ1) is 14.9. The van der Waals surface area contributed by atoms with Crippen molar-refractivity contribution in [3.05, 3.63) is 33.4 Å². The van der Waals surface area contributed by atoms with E-state index in [1.165, 1.54) is 0 Å². The summed E-state index contributed by atoms with van der Waals surface area (Å²) in [6, 6.07) is -0.243. The molecule has 0 radical (unpaired) electrons. The van der Waals surface area contributed by atoms with Gasteiger partial charge in [0.25, 0.3) is 5.56 Å². The molecule has 0 atom stereocenters. The second-order valence-electron chi connectivity index (χ2n) is 3.91. The highest BCUT2D eigenvalue weighted by Crippen LogP contribution is 2.34. The van der Waals surface area contributed by atoms with Crippen LogP contribution in [0, 0.1) is 5.41 Å². The minimum Gasteiger partial charge on any atom is -0.383 e. The number of fused-ring (bicyclic) bond motifs is 1. The number of aromatic amines is 1. The number of nitrogens with one attached hydrogen (secondary N) is 2. The minimum atomic E-state index is -5.18. The summed E-state index contributed by atoms with van der Waals surface area (Å²) < 4.78 is 76.3. The van der Waals surface area contributed by atoms with Gasteiger partial charge in [0.2, 0.25) is 0 Å². The maximum Gasteiger partial charge on any atom is 0.433 e. The van der Waals surface area contributed by atoms with E-state index in [9.17, 15) is 31.1 Å². The first-order valence-electron chi connectivity index (χ1n) is 5.07. The first-order chi connectivity index (χ1) is 9.43. The number of aromatic nitrogens is 3. The summed E-state index contributed by atoms with van der Waals surface area (Å²) in [5.41, 5.74) is -1.79. The van der Waals surface area contributed by atoms with Crippen LogP contribution in [0.1, 0.15) is 17.0 Å². The molecule has 0 fully saturated rings. The Morgan fingerprint density at radius 2 is 1.81 bits per heavy atom. The Morgan fingerprint density at radius 1 is 1.24 bits per heavy atom. The third kappa shape index (κ3) is 2.43. The Morgan fingerprint density at radius 3 is 2.24 bits per heavy atom. The highest BCUT2D eigenvalue weighted by Gasteiger charge is 2.41. The Bertz CT molecular complexity index is 783. The molecule has 114 valence electrons. The molecule has 6 nitrogen and oxygen atoms in total. The van der Waals surface area contributed by atoms with Gasteiger partial charge in [0.1, 0.15) is 22.8 Å². The van der Waals surface area contributed by atoms with Gasteiger partial charge in [0, 0.05) is 0 Å². The maximum atomic E-state index is 12.8. The molecule has 0 amide bonds. The van der Waals surface area contributed by atoms with Crippen molar-refractivity contribution < 1.29 is 26.3 Å². The Labute approximate surface area is 110 Å². The zero-order chi connectivity index (χ0) is 16.2. The van der Waals surface area contributed by atoms with E-state index >= 15 is 0 Å². The van der Waals surface area contributed by atoms with Crippen LogP contribution in [0.25, 0.3) is 5.65 Å². The smallest absolute Gasteiger partial charge is 0.383 e. The molecule has 2 rings (SSSR count). The quantitative estimate of drug-likeness (QED) is 0.421. The van der Waals surface area contributed by atoms with Crippen molar-refractivity contribution in [2.45, 2.75) is 12.4 Å². The number of nitrogens with two attached hydrogens (primary N) is 1. The lowest BCUT2D eigenvalue weighted by Crippen LogP contribution is -2.20. The highest BCUT2D eigenvalue weighted by atomic mass is 19.4. The monoisotopic (exact) mass is 313 g/mol. The highest BCUT2D eigenvalue weighted by molar-refractivity contribution is 6.00. The van der Waals surface area contributed by atoms with E-state index in [0.717, 1.165) is 0 Å². The van der Waals surface area contributed by atoms with Crippen molar-refractivity contribution in [1.29, 1.82) is 5.41 Å². The van der Waals surface area contributed by atoms with Gasteiger partial charge in [0.05, 0.1) is 0 Å². The second kappa shape index (κ2) is 4.23. The Kier molecular flexibility index (Phi) is 3.00. The number of hydrogen-bond acceptors (Lipinski definition) is 3. The van der Waals surface area contributed by atoms with E-state index < -0.39 is 46.3 Å². The summed E-state index contributed by atoms with van der Waals surface area (Å²) in [5.74, 6) is -1.00. The van der Waals surface area contributed by atoms with Crippen molar-refractivity contribution >= 4 is 11.5 Å². The Balaban J connectivity index is 2.99. The standard InChI is InChI=1S/C9H5F6N5O/c10-8(11,12)2-1-3(9(13,14)15)20-6(18-2)4(5(16)17)7(21)19-20/h1H,(H3,16,17)(H,19,21). The fraction of sp³-hybridized carbons (Fsp3) is 0.222. The van der Waals surface area contributed by atoms with E-state index in [0.29, 0.717) is 0 Å². The molecule has 0 aliphatic heterocycles. The van der Waals surface area contributed by atoms with Gasteiger partial charge in [-0.3, -0.25) is 15.3 Å². The molecule has 0 unspecified atom stereocenters. The number of rotatable bonds is 1. The lowest BCUT2D eigenvalue weighted by atomic mass is 10.2. The van der Waals surface area contributed by atoms with Crippen LogP contribution >= 0.6 is 0 Å². The number of hydrogen-bond donors (Lipinski definition) is 3. The van der Waals surface area contributed by atoms with Gasteiger partial charge in [-0.1, -0.05) is 0 Å². The number of nitrogens with zero attached hydrogens (tertiary/aromatic N) is 2. The first-order valence-corrected chi connectivity index (χ1v) is 5.07. The largest absolute Gasteiger partial charge is 0.433 e. The topological polar surface area (TPSA) is 100 Å². The predicted octanol–water partition coefficient (Wildman–Crippen LogP) is 1.34. The van der Waals surface area contributed by atoms with Crippen LogP contribution in [0.4, 0.5) is 26.3 Å². The number of alkyl halides is 6. The number of H-pyrrole nitrogens is 1. The third-order valence-electron chi connectivity index (χ3n) is 2.47. The third-order valence-corrected chi connectivity index (χ3v) is 2.47. The molecule has 0 aliphatic carbocycles. The zero-order valence-electron chi connectivity index (χ0n) is 9.73. The van der Waals surface area contributed by atoms with Gasteiger partial charge in [-0.05, 0) is 6.07 Å². The molecule has 0 aromatic carbocycles. The molecule has 21 heavy (non-hydrogen) atoms. The van der Waals surface area contributed by atoms with E-state index in [1.54, 1.807) is 5.10 Å². The Hall–Kier alpha value is -2.53. The van der Waals surface area contributed by atoms with Gasteiger partial charge >= 0.3 is 12.4 Å². The SMILES string of the molecule is N=C(N)c1c(=O)[nH]n2c(C(F)(F)F)cc(C(F)(F)F)nc12. The van der Waals surface area contributed by atoms with E-state index in [-0.39, 0.29) is 10.6 Å². The van der Waals surface area contributed by atoms with Crippen LogP contribution in [-0.4, -0.2) is 20.4 Å². The molecule has 12 heteroatoms. The fourth-order valence-electron chi connectivity index (χ4n) is 1.64. The van der Waals surface area contributed by atoms with E-state index in [4.69, 9.17) is 11.1 Å². The van der Waals surface area contributed by atoms with Gasteiger partial charge in [-0.2, -0.15) is 26.3 Å². The van der Waals surface area contributed by atoms with Crippen LogP contribution in [0.3, 0.4) is 0 Å². The summed E-state index contributed by atoms with van der Waals surface area (Å²) in [6.45, 7) is 0. The molecule has 0 saturated heterocycles. The normalized spacial score (nSPS) is 12.9. The average molecular weight is 313 g/mol. The zero-order valence-corrected chi connectivity index (χ0v) is 9.73. The molecule has 0 aliphatic rings. The predicted molar refractivity (Wildman–Crippen MR) is 56.8 cm³/mol. The summed E-state index contributed by atoms with van der Waals surface area (Å²) in [7, 11) is 0. The van der Waals surface area contributed by atoms with Gasteiger partial charge in [-0.15, -0.1) is 0 Å². The van der Waals surface area contributed by atoms with Crippen LogP contribution in [0.5, 0.6) is 0 Å². The molecular weight excluding hydrogens is 308 g/mol. The number of amidine groups is 1. The average Bonchev–Trinajstić information content (AvgIpc) is 2.60. The van der Waals surface area contributed by atoms with Gasteiger partial charge in [-0.25, -0.2) is 9.50 Å². The van der Waals surface area contributed by atoms with Crippen molar-refractivity contribution in [2.75, 3.05) is 0 Å². The van der Waals surface area contributed by atoms with Crippen molar-refractivity contribution in [3.8, 4) is 0 Å². The lowest BCUT2D eigenvalue weighted by molar-refractivity contribution is -0.148. The summed E-state index contributed by atoms with van der Waals surface area (Å²) in [5, 5.41) is 8.72. The molecular formula is C9H5F6N5O. The van der Waals surface area contributed by atoms with Crippen molar-refractivity contribution in [1.82, 2.24) is 14.6 Å². The fourth-order valence-corrected chi connectivity index (χ4v) is 1.64. The summed E-state index contributed by atoms with van der Waals surface area (Å²) >= 11 is 0. The minimum absolute atomic E-state index is 0.0221.